The molecule has 2 amide bonds. The van der Waals surface area contributed by atoms with E-state index in [4.69, 9.17) is 9.57 Å². The highest BCUT2D eigenvalue weighted by Crippen LogP contribution is 2.19. The first-order chi connectivity index (χ1) is 14.5. The summed E-state index contributed by atoms with van der Waals surface area (Å²) in [7, 11) is 0. The van der Waals surface area contributed by atoms with Crippen molar-refractivity contribution in [2.75, 3.05) is 6.54 Å². The number of nitriles is 1. The molecular weight excluding hydrogens is 398 g/mol. The van der Waals surface area contributed by atoms with Gasteiger partial charge >= 0.3 is 5.97 Å². The van der Waals surface area contributed by atoms with Crippen LogP contribution in [0.15, 0.2) is 30.3 Å². The molecule has 170 valence electrons. The molecule has 2 unspecified atom stereocenters. The van der Waals surface area contributed by atoms with Gasteiger partial charge in [-0.1, -0.05) is 32.0 Å². The van der Waals surface area contributed by atoms with Gasteiger partial charge in [0.1, 0.15) is 11.6 Å². The zero-order chi connectivity index (χ0) is 23.6. The van der Waals surface area contributed by atoms with E-state index in [1.807, 2.05) is 26.0 Å². The van der Waals surface area contributed by atoms with E-state index >= 15 is 0 Å². The number of amides is 2. The average molecular weight is 432 g/mol. The molecule has 0 spiro atoms. The van der Waals surface area contributed by atoms with Crippen LogP contribution in [-0.2, 0) is 19.1 Å². The summed E-state index contributed by atoms with van der Waals surface area (Å²) in [4.78, 5) is 43.2. The number of nitrogens with one attached hydrogen (secondary N) is 1. The minimum absolute atomic E-state index is 0.0885. The number of carbonyl (C=O) groups excluding carboxylic acids is 3. The molecule has 31 heavy (non-hydrogen) atoms. The largest absolute Gasteiger partial charge is 0.460 e. The minimum atomic E-state index is -1.04. The number of hydrogen-bond donors (Lipinski definition) is 1. The van der Waals surface area contributed by atoms with Crippen molar-refractivity contribution in [2.45, 2.75) is 66.0 Å². The molecule has 0 saturated carbocycles. The highest BCUT2D eigenvalue weighted by atomic mass is 16.7. The predicted molar refractivity (Wildman–Crippen MR) is 115 cm³/mol. The molecule has 1 rings (SSSR count). The van der Waals surface area contributed by atoms with Crippen molar-refractivity contribution in [1.29, 1.82) is 5.26 Å². The van der Waals surface area contributed by atoms with Crippen molar-refractivity contribution in [3.8, 4) is 11.8 Å². The van der Waals surface area contributed by atoms with Gasteiger partial charge in [0.15, 0.2) is 5.75 Å². The summed E-state index contributed by atoms with van der Waals surface area (Å²) in [5.41, 5.74) is -0.684. The molecule has 8 nitrogen and oxygen atoms in total. The third-order valence-corrected chi connectivity index (χ3v) is 4.32. The molecule has 0 saturated heterocycles. The Morgan fingerprint density at radius 1 is 1.13 bits per heavy atom. The lowest BCUT2D eigenvalue weighted by Crippen LogP contribution is -2.44. The van der Waals surface area contributed by atoms with E-state index in [2.05, 4.69) is 5.32 Å². The zero-order valence-electron chi connectivity index (χ0n) is 19.2. The van der Waals surface area contributed by atoms with Gasteiger partial charge in [-0.2, -0.15) is 10.3 Å². The molecule has 8 heteroatoms. The van der Waals surface area contributed by atoms with Gasteiger partial charge in [0.25, 0.3) is 5.91 Å². The van der Waals surface area contributed by atoms with E-state index in [9.17, 15) is 19.6 Å². The Kier molecular flexibility index (Phi) is 10.00. The fourth-order valence-corrected chi connectivity index (χ4v) is 2.78. The van der Waals surface area contributed by atoms with Crippen LogP contribution in [0, 0.1) is 23.2 Å². The van der Waals surface area contributed by atoms with Crippen molar-refractivity contribution >= 4 is 17.8 Å². The maximum Gasteiger partial charge on any atom is 0.309 e. The minimum Gasteiger partial charge on any atom is -0.460 e. The SMILES string of the molecule is CCN(Oc1ccccc1)C(=O)CC(C(=O)NC(C#N)CC(=O)OC(C)(C)C)C(C)C. The molecule has 1 N–H and O–H groups in total. The van der Waals surface area contributed by atoms with E-state index < -0.39 is 29.4 Å². The number of nitrogens with zero attached hydrogens (tertiary/aromatic N) is 2. The summed E-state index contributed by atoms with van der Waals surface area (Å²) in [6.45, 7) is 10.9. The molecule has 0 fully saturated rings. The first-order valence-electron chi connectivity index (χ1n) is 10.4. The van der Waals surface area contributed by atoms with Gasteiger partial charge in [0, 0.05) is 12.3 Å². The van der Waals surface area contributed by atoms with Crippen molar-refractivity contribution < 1.29 is 24.0 Å². The quantitative estimate of drug-likeness (QED) is 0.450. The summed E-state index contributed by atoms with van der Waals surface area (Å²) in [6.07, 6.45) is -0.356. The number of hydroxylamine groups is 2. The summed E-state index contributed by atoms with van der Waals surface area (Å²) in [6, 6.07) is 9.77. The second kappa shape index (κ2) is 11.9. The molecule has 0 aliphatic heterocycles. The number of carbonyl (C=O) groups is 3. The number of rotatable bonds is 10. The number of benzene rings is 1. The van der Waals surface area contributed by atoms with Crippen molar-refractivity contribution in [1.82, 2.24) is 10.4 Å². The van der Waals surface area contributed by atoms with Crippen LogP contribution in [0.5, 0.6) is 5.75 Å². The maximum absolute atomic E-state index is 12.8. The summed E-state index contributed by atoms with van der Waals surface area (Å²) in [5, 5.41) is 13.1. The number of esters is 1. The lowest BCUT2D eigenvalue weighted by Gasteiger charge is -2.26. The standard InChI is InChI=1S/C23H33N3O5/c1-7-26(31-18-11-9-8-10-12-18)20(27)14-19(16(2)3)22(29)25-17(15-24)13-21(28)30-23(4,5)6/h8-12,16-17,19H,7,13-14H2,1-6H3,(H,25,29). The first kappa shape index (κ1) is 26.0. The van der Waals surface area contributed by atoms with Gasteiger partial charge in [0.05, 0.1) is 19.0 Å². The maximum atomic E-state index is 12.8. The third-order valence-electron chi connectivity index (χ3n) is 4.32. The molecule has 0 bridgehead atoms. The second-order valence-electron chi connectivity index (χ2n) is 8.53. The fraction of sp³-hybridized carbons (Fsp3) is 0.565. The molecule has 1 aromatic carbocycles. The van der Waals surface area contributed by atoms with Crippen LogP contribution in [0.25, 0.3) is 0 Å². The van der Waals surface area contributed by atoms with Gasteiger partial charge in [0.2, 0.25) is 5.91 Å². The Morgan fingerprint density at radius 3 is 2.23 bits per heavy atom. The van der Waals surface area contributed by atoms with E-state index in [0.29, 0.717) is 12.3 Å². The molecule has 0 aliphatic rings. The predicted octanol–water partition coefficient (Wildman–Crippen LogP) is 3.23. The van der Waals surface area contributed by atoms with E-state index in [-0.39, 0.29) is 24.7 Å². The lowest BCUT2D eigenvalue weighted by molar-refractivity contribution is -0.159. The molecule has 0 heterocycles. The molecular formula is C23H33N3O5. The van der Waals surface area contributed by atoms with Gasteiger partial charge < -0.3 is 14.9 Å². The normalized spacial score (nSPS) is 13.0. The van der Waals surface area contributed by atoms with Crippen LogP contribution in [0.4, 0.5) is 0 Å². The highest BCUT2D eigenvalue weighted by molar-refractivity contribution is 5.86. The van der Waals surface area contributed by atoms with Gasteiger partial charge in [-0.15, -0.1) is 0 Å². The molecule has 0 aromatic heterocycles. The topological polar surface area (TPSA) is 109 Å². The van der Waals surface area contributed by atoms with Crippen LogP contribution < -0.4 is 10.2 Å². The Bertz CT molecular complexity index is 781. The third kappa shape index (κ3) is 9.51. The number of para-hydroxylation sites is 1. The molecule has 0 aliphatic carbocycles. The van der Waals surface area contributed by atoms with Crippen LogP contribution in [0.3, 0.4) is 0 Å². The lowest BCUT2D eigenvalue weighted by atomic mass is 9.91. The van der Waals surface area contributed by atoms with E-state index in [0.717, 1.165) is 0 Å². The Balaban J connectivity index is 2.78. The van der Waals surface area contributed by atoms with Crippen molar-refractivity contribution in [3.05, 3.63) is 30.3 Å². The Morgan fingerprint density at radius 2 is 1.74 bits per heavy atom. The van der Waals surface area contributed by atoms with Crippen LogP contribution >= 0.6 is 0 Å². The molecule has 0 radical (unpaired) electrons. The van der Waals surface area contributed by atoms with Crippen LogP contribution in [0.1, 0.15) is 54.4 Å². The second-order valence-corrected chi connectivity index (χ2v) is 8.53. The van der Waals surface area contributed by atoms with Gasteiger partial charge in [-0.3, -0.25) is 14.4 Å². The van der Waals surface area contributed by atoms with Crippen LogP contribution in [0.2, 0.25) is 0 Å². The Hall–Kier alpha value is -3.08. The molecule has 1 aromatic rings. The van der Waals surface area contributed by atoms with Gasteiger partial charge in [-0.25, -0.2) is 0 Å². The van der Waals surface area contributed by atoms with Crippen LogP contribution in [-0.4, -0.2) is 41.0 Å². The van der Waals surface area contributed by atoms with E-state index in [1.165, 1.54) is 5.06 Å². The smallest absolute Gasteiger partial charge is 0.309 e. The monoisotopic (exact) mass is 431 g/mol. The first-order valence-corrected chi connectivity index (χ1v) is 10.4. The Labute approximate surface area is 184 Å². The molecule has 2 atom stereocenters. The van der Waals surface area contributed by atoms with E-state index in [1.54, 1.807) is 52.0 Å². The summed E-state index contributed by atoms with van der Waals surface area (Å²) >= 11 is 0. The highest BCUT2D eigenvalue weighted by Gasteiger charge is 2.30. The van der Waals surface area contributed by atoms with Crippen molar-refractivity contribution in [3.63, 3.8) is 0 Å². The number of ether oxygens (including phenoxy) is 1. The van der Waals surface area contributed by atoms with Crippen molar-refractivity contribution in [2.24, 2.45) is 11.8 Å². The summed E-state index contributed by atoms with van der Waals surface area (Å²) in [5.74, 6) is -1.72. The zero-order valence-corrected chi connectivity index (χ0v) is 19.2. The number of hydrogen-bond acceptors (Lipinski definition) is 6. The fourth-order valence-electron chi connectivity index (χ4n) is 2.78. The average Bonchev–Trinajstić information content (AvgIpc) is 2.68. The summed E-state index contributed by atoms with van der Waals surface area (Å²) < 4.78 is 5.21. The van der Waals surface area contributed by atoms with Gasteiger partial charge in [-0.05, 0) is 45.7 Å².